The number of aryl methyl sites for hydroxylation is 2. The van der Waals surface area contributed by atoms with Crippen molar-refractivity contribution in [2.45, 2.75) is 96.0 Å². The van der Waals surface area contributed by atoms with Gasteiger partial charge in [-0.1, -0.05) is 85.1 Å². The van der Waals surface area contributed by atoms with Crippen LogP contribution in [0.15, 0.2) is 127 Å². The molecule has 316 valence electrons. The SMILES string of the molecule is COc1ccc2cc1OCc1ccc3c(c(O)ccc3c1)CC#COC(CC1C=C(O)C=CC1CCCCc1cccc(NC(Cc3ccccc3)C(C)O)c1)CC(=O)CC2. The highest BCUT2D eigenvalue weighted by molar-refractivity contribution is 5.88. The molecule has 5 atom stereocenters. The van der Waals surface area contributed by atoms with Crippen molar-refractivity contribution in [3.05, 3.63) is 155 Å². The first-order valence-corrected chi connectivity index (χ1v) is 21.6. The lowest BCUT2D eigenvalue weighted by Crippen LogP contribution is -2.33. The minimum atomic E-state index is -0.515. The number of carbonyl (C=O) groups is 1. The van der Waals surface area contributed by atoms with Crippen LogP contribution in [0.5, 0.6) is 17.2 Å². The topological polar surface area (TPSA) is 117 Å². The van der Waals surface area contributed by atoms with E-state index in [9.17, 15) is 20.1 Å². The molecule has 8 heteroatoms. The first-order chi connectivity index (χ1) is 29.7. The van der Waals surface area contributed by atoms with E-state index in [-0.39, 0.29) is 48.0 Å². The number of phenolic OH excluding ortho intramolecular Hbond substituents is 1. The Labute approximate surface area is 359 Å². The third-order valence-corrected chi connectivity index (χ3v) is 11.9. The number of rotatable bonds is 13. The van der Waals surface area contributed by atoms with Crippen molar-refractivity contribution in [3.8, 4) is 29.3 Å². The number of ether oxygens (including phenoxy) is 3. The molecule has 0 amide bonds. The van der Waals surface area contributed by atoms with E-state index in [1.165, 1.54) is 11.1 Å². The summed E-state index contributed by atoms with van der Waals surface area (Å²) in [5.41, 5.74) is 6.07. The molecule has 2 aliphatic heterocycles. The number of nitrogens with one attached hydrogen (secondary N) is 1. The average molecular weight is 820 g/mol. The Kier molecular flexibility index (Phi) is 14.7. The van der Waals surface area contributed by atoms with Crippen LogP contribution in [0, 0.1) is 23.9 Å². The van der Waals surface area contributed by atoms with Gasteiger partial charge in [-0.2, -0.15) is 0 Å². The number of allylic oxidation sites excluding steroid dienone is 3. The van der Waals surface area contributed by atoms with Gasteiger partial charge < -0.3 is 34.8 Å². The van der Waals surface area contributed by atoms with E-state index in [0.29, 0.717) is 42.9 Å². The second-order valence-electron chi connectivity index (χ2n) is 16.5. The lowest BCUT2D eigenvalue weighted by atomic mass is 9.80. The Balaban J connectivity index is 1.02. The molecule has 0 fully saturated rings. The summed E-state index contributed by atoms with van der Waals surface area (Å²) in [7, 11) is 1.61. The quantitative estimate of drug-likeness (QED) is 0.0685. The van der Waals surface area contributed by atoms with Crippen molar-refractivity contribution in [3.63, 3.8) is 0 Å². The Bertz CT molecular complexity index is 2390. The maximum Gasteiger partial charge on any atom is 0.161 e. The number of fused-ring (bicyclic) bond motifs is 9. The van der Waals surface area contributed by atoms with E-state index < -0.39 is 12.2 Å². The molecule has 6 bridgehead atoms. The van der Waals surface area contributed by atoms with E-state index in [2.05, 4.69) is 65.9 Å². The predicted octanol–water partition coefficient (Wildman–Crippen LogP) is 10.4. The molecule has 5 aromatic carbocycles. The number of hydrogen-bond donors (Lipinski definition) is 4. The Morgan fingerprint density at radius 1 is 0.885 bits per heavy atom. The van der Waals surface area contributed by atoms with E-state index in [0.717, 1.165) is 59.7 Å². The van der Waals surface area contributed by atoms with E-state index in [4.69, 9.17) is 14.2 Å². The summed E-state index contributed by atoms with van der Waals surface area (Å²) in [6.07, 6.45) is 14.0. The van der Waals surface area contributed by atoms with Crippen molar-refractivity contribution in [1.29, 1.82) is 0 Å². The van der Waals surface area contributed by atoms with Crippen molar-refractivity contribution < 1.29 is 34.3 Å². The zero-order chi connectivity index (χ0) is 42.6. The van der Waals surface area contributed by atoms with Gasteiger partial charge in [-0.15, -0.1) is 0 Å². The number of benzene rings is 5. The van der Waals surface area contributed by atoms with Crippen LogP contribution in [0.25, 0.3) is 10.8 Å². The summed E-state index contributed by atoms with van der Waals surface area (Å²) in [4.78, 5) is 13.6. The monoisotopic (exact) mass is 819 g/mol. The number of aromatic hydroxyl groups is 1. The molecule has 8 nitrogen and oxygen atoms in total. The molecule has 2 heterocycles. The Morgan fingerprint density at radius 3 is 2.56 bits per heavy atom. The highest BCUT2D eigenvalue weighted by Crippen LogP contribution is 2.34. The molecule has 0 radical (unpaired) electrons. The molecule has 61 heavy (non-hydrogen) atoms. The third-order valence-electron chi connectivity index (χ3n) is 11.9. The van der Waals surface area contributed by atoms with Crippen LogP contribution in [0.4, 0.5) is 5.69 Å². The van der Waals surface area contributed by atoms with Crippen LogP contribution >= 0.6 is 0 Å². The van der Waals surface area contributed by atoms with Crippen LogP contribution < -0.4 is 14.8 Å². The fourth-order valence-corrected chi connectivity index (χ4v) is 8.49. The van der Waals surface area contributed by atoms with Gasteiger partial charge >= 0.3 is 0 Å². The highest BCUT2D eigenvalue weighted by atomic mass is 16.5. The lowest BCUT2D eigenvalue weighted by Gasteiger charge is -2.28. The first-order valence-electron chi connectivity index (χ1n) is 21.6. The van der Waals surface area contributed by atoms with Crippen LogP contribution in [-0.4, -0.2) is 46.5 Å². The molecule has 8 rings (SSSR count). The number of phenols is 1. The maximum atomic E-state index is 13.6. The summed E-state index contributed by atoms with van der Waals surface area (Å²) in [5, 5.41) is 37.4. The smallest absolute Gasteiger partial charge is 0.161 e. The van der Waals surface area contributed by atoms with Gasteiger partial charge in [0.1, 0.15) is 36.1 Å². The predicted molar refractivity (Wildman–Crippen MR) is 242 cm³/mol. The first kappa shape index (κ1) is 42.9. The number of unbranched alkanes of at least 4 members (excludes halogenated alkanes) is 1. The molecule has 3 aliphatic rings. The number of methoxy groups -OCH3 is 1. The van der Waals surface area contributed by atoms with Crippen LogP contribution in [0.3, 0.4) is 0 Å². The molecule has 4 N–H and O–H groups in total. The number of carbonyl (C=O) groups excluding carboxylic acids is 1. The molecule has 5 aromatic rings. The van der Waals surface area contributed by atoms with Gasteiger partial charge in [0.15, 0.2) is 11.5 Å². The number of hydrogen-bond acceptors (Lipinski definition) is 8. The zero-order valence-corrected chi connectivity index (χ0v) is 35.2. The molecular weight excluding hydrogens is 763 g/mol. The molecule has 0 saturated carbocycles. The largest absolute Gasteiger partial charge is 0.508 e. The fourth-order valence-electron chi connectivity index (χ4n) is 8.49. The summed E-state index contributed by atoms with van der Waals surface area (Å²) in [6.45, 7) is 2.16. The van der Waals surface area contributed by atoms with Gasteiger partial charge in [0, 0.05) is 30.5 Å². The van der Waals surface area contributed by atoms with E-state index >= 15 is 0 Å². The Morgan fingerprint density at radius 2 is 1.72 bits per heavy atom. The molecule has 0 saturated heterocycles. The van der Waals surface area contributed by atoms with Gasteiger partial charge in [-0.3, -0.25) is 4.79 Å². The van der Waals surface area contributed by atoms with Crippen molar-refractivity contribution >= 4 is 22.2 Å². The number of ketones is 1. The average Bonchev–Trinajstić information content (AvgIpc) is 3.26. The van der Waals surface area contributed by atoms with Crippen LogP contribution in [-0.2, 0) is 41.8 Å². The van der Waals surface area contributed by atoms with Gasteiger partial charge in [0.2, 0.25) is 0 Å². The van der Waals surface area contributed by atoms with Crippen LogP contribution in [0.2, 0.25) is 0 Å². The summed E-state index contributed by atoms with van der Waals surface area (Å²) >= 11 is 0. The minimum absolute atomic E-state index is 0.0432. The van der Waals surface area contributed by atoms with Crippen molar-refractivity contribution in [1.82, 2.24) is 0 Å². The Hall–Kier alpha value is -6.17. The van der Waals surface area contributed by atoms with E-state index in [1.54, 1.807) is 19.3 Å². The standard InChI is InChI=1S/C53H57NO7/c1-36(55)50(30-38-10-4-3-5-11-38)54-44-15-8-13-37(29-44)12-6-7-14-41-20-23-45(56)32-43(41)33-47-34-46(57)22-17-39-19-26-52(59-2)53(31-39)61-35-40-18-24-48-42(28-40)21-25-51(58)49(48)16-9-27-60-47/h3-5,8,10-11,13,15,18-21,23-26,28-29,31-32,36,41,43,47,50,54-56,58H,6-7,12,14,16-17,22,30,33-35H2,1-2H3. The van der Waals surface area contributed by atoms with Gasteiger partial charge in [0.05, 0.1) is 19.3 Å². The second-order valence-corrected chi connectivity index (χ2v) is 16.5. The van der Waals surface area contributed by atoms with E-state index in [1.807, 2.05) is 67.6 Å². The molecular formula is C53H57NO7. The van der Waals surface area contributed by atoms with Crippen molar-refractivity contribution in [2.75, 3.05) is 12.4 Å². The fraction of sp³-hybridized carbons (Fsp3) is 0.340. The number of anilines is 1. The summed E-state index contributed by atoms with van der Waals surface area (Å²) in [5.74, 6) is 4.91. The van der Waals surface area contributed by atoms with Gasteiger partial charge in [-0.05, 0) is 139 Å². The zero-order valence-electron chi connectivity index (χ0n) is 35.2. The van der Waals surface area contributed by atoms with Crippen LogP contribution in [0.1, 0.15) is 73.3 Å². The lowest BCUT2D eigenvalue weighted by molar-refractivity contribution is -0.121. The number of aliphatic hydroxyl groups is 2. The maximum absolute atomic E-state index is 13.6. The second kappa shape index (κ2) is 20.9. The molecule has 1 aliphatic carbocycles. The third kappa shape index (κ3) is 12.0. The molecule has 0 aromatic heterocycles. The summed E-state index contributed by atoms with van der Waals surface area (Å²) in [6, 6.07) is 34.0. The normalized spacial score (nSPS) is 19.0. The number of Topliss-reactive ketones (excluding diaryl/α,β-unsaturated/α-hetero) is 1. The van der Waals surface area contributed by atoms with Crippen molar-refractivity contribution in [2.24, 2.45) is 11.8 Å². The minimum Gasteiger partial charge on any atom is -0.508 e. The highest BCUT2D eigenvalue weighted by Gasteiger charge is 2.27. The van der Waals surface area contributed by atoms with Gasteiger partial charge in [0.25, 0.3) is 0 Å². The number of aliphatic hydroxyl groups excluding tert-OH is 2. The summed E-state index contributed by atoms with van der Waals surface area (Å²) < 4.78 is 18.1. The van der Waals surface area contributed by atoms with Gasteiger partial charge in [-0.25, -0.2) is 0 Å². The molecule has 0 spiro atoms. The molecule has 5 unspecified atom stereocenters.